The molecule has 0 aliphatic rings. The minimum atomic E-state index is 0.482. The van der Waals surface area contributed by atoms with Gasteiger partial charge in [0.2, 0.25) is 5.88 Å². The molecule has 2 aromatic heterocycles. The summed E-state index contributed by atoms with van der Waals surface area (Å²) < 4.78 is 10.7. The highest BCUT2D eigenvalue weighted by Gasteiger charge is 2.09. The molecule has 0 saturated carbocycles. The van der Waals surface area contributed by atoms with Gasteiger partial charge in [0.25, 0.3) is 0 Å². The largest absolute Gasteiger partial charge is 0.475 e. The lowest BCUT2D eigenvalue weighted by atomic mass is 10.2. The molecule has 2 aromatic rings. The van der Waals surface area contributed by atoms with E-state index in [0.29, 0.717) is 25.6 Å². The highest BCUT2D eigenvalue weighted by molar-refractivity contribution is 7.09. The maximum Gasteiger partial charge on any atom is 0.218 e. The molecule has 0 amide bonds. The van der Waals surface area contributed by atoms with Crippen LogP contribution in [0.4, 0.5) is 0 Å². The fourth-order valence-corrected chi connectivity index (χ4v) is 3.01. The van der Waals surface area contributed by atoms with Crippen molar-refractivity contribution >= 4 is 17.3 Å². The number of thiophene rings is 1. The highest BCUT2D eigenvalue weighted by Crippen LogP contribution is 2.14. The van der Waals surface area contributed by atoms with Crippen LogP contribution in [0.5, 0.6) is 5.88 Å². The zero-order valence-corrected chi connectivity index (χ0v) is 15.9. The molecule has 0 fully saturated rings. The van der Waals surface area contributed by atoms with Crippen LogP contribution in [0, 0.1) is 0 Å². The van der Waals surface area contributed by atoms with Crippen LogP contribution in [0.3, 0.4) is 0 Å². The van der Waals surface area contributed by atoms with E-state index in [9.17, 15) is 0 Å². The molecular weight excluding hydrogens is 336 g/mol. The topological polar surface area (TPSA) is 59.0 Å². The number of likely N-dealkylation sites (N-methyl/N-ethyl adjacent to an activating group) is 1. The van der Waals surface area contributed by atoms with Crippen molar-refractivity contribution in [2.75, 3.05) is 41.0 Å². The Hall–Kier alpha value is -2.12. The highest BCUT2D eigenvalue weighted by atomic mass is 32.1. The summed E-state index contributed by atoms with van der Waals surface area (Å²) in [6.45, 7) is 2.53. The van der Waals surface area contributed by atoms with Gasteiger partial charge in [0.05, 0.1) is 6.61 Å². The molecule has 0 bridgehead atoms. The van der Waals surface area contributed by atoms with Crippen LogP contribution >= 0.6 is 11.3 Å². The molecular formula is C18H26N4O2S. The summed E-state index contributed by atoms with van der Waals surface area (Å²) in [5.74, 6) is 1.48. The van der Waals surface area contributed by atoms with Crippen molar-refractivity contribution in [2.45, 2.75) is 13.0 Å². The van der Waals surface area contributed by atoms with Crippen molar-refractivity contribution in [2.24, 2.45) is 4.99 Å². The minimum absolute atomic E-state index is 0.482. The number of aromatic nitrogens is 1. The molecule has 0 unspecified atom stereocenters. The van der Waals surface area contributed by atoms with E-state index in [1.165, 1.54) is 4.88 Å². The molecule has 6 nitrogen and oxygen atoms in total. The monoisotopic (exact) mass is 362 g/mol. The Kier molecular flexibility index (Phi) is 8.21. The van der Waals surface area contributed by atoms with Crippen LogP contribution in [0.2, 0.25) is 0 Å². The quantitative estimate of drug-likeness (QED) is 0.422. The Morgan fingerprint density at radius 3 is 2.92 bits per heavy atom. The smallest absolute Gasteiger partial charge is 0.218 e. The zero-order chi connectivity index (χ0) is 17.9. The zero-order valence-electron chi connectivity index (χ0n) is 15.1. The third-order valence-corrected chi connectivity index (χ3v) is 4.60. The summed E-state index contributed by atoms with van der Waals surface area (Å²) in [5.41, 5.74) is 0.992. The summed E-state index contributed by atoms with van der Waals surface area (Å²) >= 11 is 1.78. The number of hydrogen-bond donors (Lipinski definition) is 1. The SMILES string of the molecule is CN=C(NCc1cccnc1OCCOC)N(C)CCc1cccs1. The van der Waals surface area contributed by atoms with E-state index in [4.69, 9.17) is 9.47 Å². The van der Waals surface area contributed by atoms with Crippen molar-refractivity contribution in [1.82, 2.24) is 15.2 Å². The number of nitrogens with zero attached hydrogens (tertiary/aromatic N) is 3. The number of aliphatic imine (C=N–C) groups is 1. The van der Waals surface area contributed by atoms with Gasteiger partial charge < -0.3 is 19.7 Å². The molecule has 0 radical (unpaired) electrons. The molecule has 0 spiro atoms. The summed E-state index contributed by atoms with van der Waals surface area (Å²) in [5, 5.41) is 5.48. The van der Waals surface area contributed by atoms with Gasteiger partial charge in [-0.1, -0.05) is 12.1 Å². The van der Waals surface area contributed by atoms with Crippen molar-refractivity contribution < 1.29 is 9.47 Å². The molecule has 0 atom stereocenters. The normalized spacial score (nSPS) is 11.4. The lowest BCUT2D eigenvalue weighted by Crippen LogP contribution is -2.39. The van der Waals surface area contributed by atoms with E-state index in [-0.39, 0.29) is 0 Å². The van der Waals surface area contributed by atoms with E-state index in [2.05, 4.69) is 37.7 Å². The summed E-state index contributed by atoms with van der Waals surface area (Å²) in [7, 11) is 5.49. The molecule has 2 rings (SSSR count). The van der Waals surface area contributed by atoms with Gasteiger partial charge in [0.1, 0.15) is 6.61 Å². The first-order valence-corrected chi connectivity index (χ1v) is 9.12. The van der Waals surface area contributed by atoms with Crippen LogP contribution in [0.25, 0.3) is 0 Å². The van der Waals surface area contributed by atoms with Gasteiger partial charge >= 0.3 is 0 Å². The number of methoxy groups -OCH3 is 1. The first kappa shape index (κ1) is 19.2. The first-order chi connectivity index (χ1) is 12.2. The van der Waals surface area contributed by atoms with Gasteiger partial charge in [-0.15, -0.1) is 11.3 Å². The molecule has 136 valence electrons. The standard InChI is InChI=1S/C18H26N4O2S/c1-19-18(22(2)10-8-16-7-5-13-25-16)21-14-15-6-4-9-20-17(15)24-12-11-23-3/h4-7,9,13H,8,10-12,14H2,1-3H3,(H,19,21). The second-order valence-electron chi connectivity index (χ2n) is 5.46. The van der Waals surface area contributed by atoms with Gasteiger partial charge in [-0.3, -0.25) is 4.99 Å². The number of guanidine groups is 1. The molecule has 0 aliphatic heterocycles. The molecule has 25 heavy (non-hydrogen) atoms. The molecule has 7 heteroatoms. The van der Waals surface area contributed by atoms with Gasteiger partial charge in [-0.2, -0.15) is 0 Å². The number of nitrogens with one attached hydrogen (secondary N) is 1. The summed E-state index contributed by atoms with van der Waals surface area (Å²) in [6, 6.07) is 8.15. The van der Waals surface area contributed by atoms with Gasteiger partial charge in [0, 0.05) is 50.9 Å². The Morgan fingerprint density at radius 1 is 1.32 bits per heavy atom. The Balaban J connectivity index is 1.87. The minimum Gasteiger partial charge on any atom is -0.475 e. The van der Waals surface area contributed by atoms with Crippen molar-refractivity contribution in [3.05, 3.63) is 46.3 Å². The first-order valence-electron chi connectivity index (χ1n) is 8.24. The Bertz CT molecular complexity index is 646. The number of hydrogen-bond acceptors (Lipinski definition) is 5. The van der Waals surface area contributed by atoms with Crippen LogP contribution < -0.4 is 10.1 Å². The predicted octanol–water partition coefficient (Wildman–Crippen LogP) is 2.42. The van der Waals surface area contributed by atoms with E-state index in [0.717, 1.165) is 24.5 Å². The third-order valence-electron chi connectivity index (χ3n) is 3.66. The molecule has 2 heterocycles. The lowest BCUT2D eigenvalue weighted by Gasteiger charge is -2.22. The summed E-state index contributed by atoms with van der Waals surface area (Å²) in [6.07, 6.45) is 2.74. The van der Waals surface area contributed by atoms with E-state index >= 15 is 0 Å². The number of rotatable bonds is 9. The third kappa shape index (κ3) is 6.36. The van der Waals surface area contributed by atoms with E-state index < -0.39 is 0 Å². The van der Waals surface area contributed by atoms with Crippen LogP contribution in [0.1, 0.15) is 10.4 Å². The van der Waals surface area contributed by atoms with Gasteiger partial charge in [-0.25, -0.2) is 4.98 Å². The second kappa shape index (κ2) is 10.7. The average Bonchev–Trinajstić information content (AvgIpc) is 3.15. The fourth-order valence-electron chi connectivity index (χ4n) is 2.31. The molecule has 0 saturated heterocycles. The average molecular weight is 362 g/mol. The van der Waals surface area contributed by atoms with Gasteiger partial charge in [0.15, 0.2) is 5.96 Å². The Labute approximate surface area is 153 Å². The van der Waals surface area contributed by atoms with Gasteiger partial charge in [-0.05, 0) is 23.9 Å². The number of ether oxygens (including phenoxy) is 2. The van der Waals surface area contributed by atoms with Crippen molar-refractivity contribution in [3.8, 4) is 5.88 Å². The van der Waals surface area contributed by atoms with Crippen LogP contribution in [0.15, 0.2) is 40.8 Å². The summed E-state index contributed by atoms with van der Waals surface area (Å²) in [4.78, 5) is 12.2. The Morgan fingerprint density at radius 2 is 2.20 bits per heavy atom. The maximum absolute atomic E-state index is 5.67. The van der Waals surface area contributed by atoms with Crippen molar-refractivity contribution in [1.29, 1.82) is 0 Å². The molecule has 0 aromatic carbocycles. The van der Waals surface area contributed by atoms with Crippen molar-refractivity contribution in [3.63, 3.8) is 0 Å². The molecule has 1 N–H and O–H groups in total. The molecule has 0 aliphatic carbocycles. The van der Waals surface area contributed by atoms with E-state index in [1.54, 1.807) is 31.7 Å². The van der Waals surface area contributed by atoms with E-state index in [1.807, 2.05) is 19.2 Å². The van der Waals surface area contributed by atoms with Crippen LogP contribution in [-0.4, -0.2) is 56.8 Å². The maximum atomic E-state index is 5.67. The predicted molar refractivity (Wildman–Crippen MR) is 102 cm³/mol. The number of pyridine rings is 1. The fraction of sp³-hybridized carbons (Fsp3) is 0.444. The van der Waals surface area contributed by atoms with Crippen LogP contribution in [-0.2, 0) is 17.7 Å². The lowest BCUT2D eigenvalue weighted by molar-refractivity contribution is 0.143. The second-order valence-corrected chi connectivity index (χ2v) is 6.49.